The largest absolute Gasteiger partial charge is 0.339 e. The minimum atomic E-state index is 0.0851. The van der Waals surface area contributed by atoms with Gasteiger partial charge in [-0.15, -0.1) is 11.3 Å². The highest BCUT2D eigenvalue weighted by molar-refractivity contribution is 7.13. The van der Waals surface area contributed by atoms with Gasteiger partial charge in [-0.05, 0) is 25.3 Å². The summed E-state index contributed by atoms with van der Waals surface area (Å²) in [6.07, 6.45) is 2.65. The molecule has 1 saturated heterocycles. The lowest BCUT2D eigenvalue weighted by Crippen LogP contribution is -2.51. The van der Waals surface area contributed by atoms with Crippen LogP contribution in [0.15, 0.2) is 60.0 Å². The number of benzene rings is 2. The predicted octanol–water partition coefficient (Wildman–Crippen LogP) is 4.35. The zero-order chi connectivity index (χ0) is 22.3. The Morgan fingerprint density at radius 2 is 1.56 bits per heavy atom. The van der Waals surface area contributed by atoms with Crippen molar-refractivity contribution < 1.29 is 9.59 Å². The molecule has 166 valence electrons. The second-order valence-electron chi connectivity index (χ2n) is 8.29. The number of aromatic nitrogens is 1. The highest BCUT2D eigenvalue weighted by Gasteiger charge is 2.24. The van der Waals surface area contributed by atoms with Crippen LogP contribution in [0.3, 0.4) is 0 Å². The minimum absolute atomic E-state index is 0.0851. The van der Waals surface area contributed by atoms with Crippen molar-refractivity contribution in [2.24, 2.45) is 0 Å². The number of thiazole rings is 1. The third-order valence-corrected chi connectivity index (χ3v) is 6.81. The molecular formula is C26H29N3O2S. The van der Waals surface area contributed by atoms with Crippen LogP contribution < -0.4 is 0 Å². The molecular weight excluding hydrogens is 418 g/mol. The fraction of sp³-hybridized carbons (Fsp3) is 0.346. The first-order valence-corrected chi connectivity index (χ1v) is 12.1. The number of piperazine rings is 1. The summed E-state index contributed by atoms with van der Waals surface area (Å²) in [6, 6.07) is 18.5. The molecule has 0 unspecified atom stereocenters. The van der Waals surface area contributed by atoms with Gasteiger partial charge < -0.3 is 9.80 Å². The van der Waals surface area contributed by atoms with Gasteiger partial charge in [0.05, 0.1) is 12.1 Å². The van der Waals surface area contributed by atoms with Crippen molar-refractivity contribution in [3.63, 3.8) is 0 Å². The summed E-state index contributed by atoms with van der Waals surface area (Å²) in [4.78, 5) is 33.7. The molecule has 1 aliphatic heterocycles. The Hall–Kier alpha value is -2.99. The summed E-state index contributed by atoms with van der Waals surface area (Å²) in [5, 5.41) is 2.92. The summed E-state index contributed by atoms with van der Waals surface area (Å²) in [6.45, 7) is 4.48. The summed E-state index contributed by atoms with van der Waals surface area (Å²) in [5.41, 5.74) is 4.38. The van der Waals surface area contributed by atoms with Crippen molar-refractivity contribution in [2.75, 3.05) is 26.2 Å². The quantitative estimate of drug-likeness (QED) is 0.541. The van der Waals surface area contributed by atoms with Gasteiger partial charge in [-0.1, -0.05) is 60.2 Å². The van der Waals surface area contributed by atoms with Crippen molar-refractivity contribution in [1.82, 2.24) is 14.8 Å². The van der Waals surface area contributed by atoms with Gasteiger partial charge in [-0.25, -0.2) is 4.98 Å². The highest BCUT2D eigenvalue weighted by Crippen LogP contribution is 2.24. The van der Waals surface area contributed by atoms with Crippen LogP contribution in [0.5, 0.6) is 0 Å². The van der Waals surface area contributed by atoms with Crippen LogP contribution in [0, 0.1) is 6.92 Å². The zero-order valence-corrected chi connectivity index (χ0v) is 19.3. The van der Waals surface area contributed by atoms with E-state index in [0.29, 0.717) is 39.0 Å². The first kappa shape index (κ1) is 22.2. The molecule has 1 aliphatic rings. The smallest absolute Gasteiger partial charge is 0.228 e. The maximum Gasteiger partial charge on any atom is 0.228 e. The topological polar surface area (TPSA) is 53.5 Å². The Kier molecular flexibility index (Phi) is 7.32. The summed E-state index contributed by atoms with van der Waals surface area (Å²) in [7, 11) is 0. The van der Waals surface area contributed by atoms with E-state index in [1.54, 1.807) is 11.3 Å². The molecule has 0 bridgehead atoms. The Morgan fingerprint density at radius 3 is 2.25 bits per heavy atom. The average Bonchev–Trinajstić information content (AvgIpc) is 3.28. The van der Waals surface area contributed by atoms with E-state index in [4.69, 9.17) is 0 Å². The van der Waals surface area contributed by atoms with Crippen LogP contribution in [0.1, 0.15) is 29.7 Å². The molecule has 0 N–H and O–H groups in total. The van der Waals surface area contributed by atoms with Crippen LogP contribution in [-0.2, 0) is 22.4 Å². The van der Waals surface area contributed by atoms with E-state index in [2.05, 4.69) is 48.3 Å². The Morgan fingerprint density at radius 1 is 0.906 bits per heavy atom. The van der Waals surface area contributed by atoms with Gasteiger partial charge in [0.1, 0.15) is 5.01 Å². The van der Waals surface area contributed by atoms with Gasteiger partial charge in [0.25, 0.3) is 0 Å². The number of carbonyl (C=O) groups excluding carboxylic acids is 2. The first-order valence-electron chi connectivity index (χ1n) is 11.2. The summed E-state index contributed by atoms with van der Waals surface area (Å²) >= 11 is 1.57. The molecule has 0 aliphatic carbocycles. The first-order chi connectivity index (χ1) is 15.6. The summed E-state index contributed by atoms with van der Waals surface area (Å²) in [5.74, 6) is 0.275. The third kappa shape index (κ3) is 5.82. The maximum atomic E-state index is 12.8. The van der Waals surface area contributed by atoms with E-state index in [1.807, 2.05) is 33.4 Å². The lowest BCUT2D eigenvalue weighted by atomic mass is 10.1. The minimum Gasteiger partial charge on any atom is -0.339 e. The number of hydrogen-bond acceptors (Lipinski definition) is 4. The molecule has 2 aromatic carbocycles. The number of amides is 2. The molecule has 1 aromatic heterocycles. The molecule has 2 amide bonds. The number of nitrogens with zero attached hydrogens (tertiary/aromatic N) is 3. The van der Waals surface area contributed by atoms with Crippen molar-refractivity contribution in [2.45, 2.75) is 32.6 Å². The van der Waals surface area contributed by atoms with Crippen LogP contribution in [0.2, 0.25) is 0 Å². The molecule has 1 fully saturated rings. The Balaban J connectivity index is 1.21. The van der Waals surface area contributed by atoms with Crippen molar-refractivity contribution in [3.8, 4) is 10.6 Å². The van der Waals surface area contributed by atoms with Gasteiger partial charge in [0, 0.05) is 43.5 Å². The van der Waals surface area contributed by atoms with Crippen LogP contribution in [-0.4, -0.2) is 52.8 Å². The van der Waals surface area contributed by atoms with Crippen LogP contribution in [0.4, 0.5) is 0 Å². The van der Waals surface area contributed by atoms with Crippen molar-refractivity contribution >= 4 is 23.2 Å². The summed E-state index contributed by atoms with van der Waals surface area (Å²) < 4.78 is 0. The Labute approximate surface area is 193 Å². The molecule has 32 heavy (non-hydrogen) atoms. The molecule has 5 nitrogen and oxygen atoms in total. The standard InChI is InChI=1S/C26H29N3O2S/c1-20-10-12-22(13-11-20)26-27-23(19-32-26)18-25(31)29-16-14-28(15-17-29)24(30)9-5-8-21-6-3-2-4-7-21/h2-4,6-7,10-13,19H,5,8-9,14-18H2,1H3. The van der Waals surface area contributed by atoms with Gasteiger partial charge in [-0.3, -0.25) is 9.59 Å². The van der Waals surface area contributed by atoms with E-state index in [1.165, 1.54) is 11.1 Å². The lowest BCUT2D eigenvalue weighted by Gasteiger charge is -2.34. The fourth-order valence-electron chi connectivity index (χ4n) is 3.94. The van der Waals surface area contributed by atoms with Gasteiger partial charge in [0.2, 0.25) is 11.8 Å². The fourth-order valence-corrected chi connectivity index (χ4v) is 4.76. The molecule has 0 radical (unpaired) electrons. The van der Waals surface area contributed by atoms with Crippen LogP contribution >= 0.6 is 11.3 Å². The SMILES string of the molecule is Cc1ccc(-c2nc(CC(=O)N3CCN(C(=O)CCCc4ccccc4)CC3)cs2)cc1. The Bertz CT molecular complexity index is 1040. The second-order valence-corrected chi connectivity index (χ2v) is 9.15. The molecule has 2 heterocycles. The van der Waals surface area contributed by atoms with E-state index in [-0.39, 0.29) is 11.8 Å². The van der Waals surface area contributed by atoms with Crippen molar-refractivity contribution in [1.29, 1.82) is 0 Å². The predicted molar refractivity (Wildman–Crippen MR) is 129 cm³/mol. The van der Waals surface area contributed by atoms with E-state index in [0.717, 1.165) is 29.1 Å². The number of aryl methyl sites for hydroxylation is 2. The molecule has 0 spiro atoms. The molecule has 4 rings (SSSR count). The number of carbonyl (C=O) groups is 2. The molecule has 0 saturated carbocycles. The van der Waals surface area contributed by atoms with Crippen LogP contribution in [0.25, 0.3) is 10.6 Å². The zero-order valence-electron chi connectivity index (χ0n) is 18.5. The molecule has 3 aromatic rings. The number of rotatable bonds is 7. The van der Waals surface area contributed by atoms with Gasteiger partial charge in [0.15, 0.2) is 0 Å². The normalized spacial score (nSPS) is 13.9. The average molecular weight is 448 g/mol. The van der Waals surface area contributed by atoms with E-state index >= 15 is 0 Å². The maximum absolute atomic E-state index is 12.8. The second kappa shape index (κ2) is 10.6. The molecule has 6 heteroatoms. The van der Waals surface area contributed by atoms with Gasteiger partial charge in [-0.2, -0.15) is 0 Å². The van der Waals surface area contributed by atoms with Crippen molar-refractivity contribution in [3.05, 3.63) is 76.8 Å². The van der Waals surface area contributed by atoms with E-state index < -0.39 is 0 Å². The van der Waals surface area contributed by atoms with Gasteiger partial charge >= 0.3 is 0 Å². The molecule has 0 atom stereocenters. The van der Waals surface area contributed by atoms with E-state index in [9.17, 15) is 9.59 Å². The highest BCUT2D eigenvalue weighted by atomic mass is 32.1. The monoisotopic (exact) mass is 447 g/mol. The lowest BCUT2D eigenvalue weighted by molar-refractivity contribution is -0.139. The number of hydrogen-bond donors (Lipinski definition) is 0. The third-order valence-electron chi connectivity index (χ3n) is 5.87.